The summed E-state index contributed by atoms with van der Waals surface area (Å²) in [6.07, 6.45) is -0.241. The molecular formula is C15H20O5. The van der Waals surface area contributed by atoms with E-state index in [0.717, 1.165) is 5.57 Å². The first-order valence-electron chi connectivity index (χ1n) is 6.90. The van der Waals surface area contributed by atoms with E-state index in [2.05, 4.69) is 6.58 Å². The zero-order valence-electron chi connectivity index (χ0n) is 11.6. The molecule has 20 heavy (non-hydrogen) atoms. The molecule has 0 aromatic heterocycles. The topological polar surface area (TPSA) is 87.0 Å². The minimum absolute atomic E-state index is 0.212. The van der Waals surface area contributed by atoms with Crippen molar-refractivity contribution < 1.29 is 24.9 Å². The van der Waals surface area contributed by atoms with Crippen LogP contribution in [0.25, 0.3) is 0 Å². The zero-order chi connectivity index (χ0) is 14.8. The van der Waals surface area contributed by atoms with Crippen LogP contribution in [-0.2, 0) is 9.53 Å². The van der Waals surface area contributed by atoms with Crippen molar-refractivity contribution in [3.8, 4) is 0 Å². The number of aliphatic hydroxyl groups excluding tert-OH is 2. The maximum atomic E-state index is 11.6. The van der Waals surface area contributed by atoms with Gasteiger partial charge in [0.15, 0.2) is 0 Å². The summed E-state index contributed by atoms with van der Waals surface area (Å²) in [4.78, 5) is 11.6. The van der Waals surface area contributed by atoms with Gasteiger partial charge in [-0.2, -0.15) is 0 Å². The molecule has 1 saturated heterocycles. The van der Waals surface area contributed by atoms with E-state index in [9.17, 15) is 20.1 Å². The first-order valence-corrected chi connectivity index (χ1v) is 6.90. The molecule has 1 saturated carbocycles. The van der Waals surface area contributed by atoms with Crippen LogP contribution in [0.15, 0.2) is 23.8 Å². The molecule has 2 fully saturated rings. The Morgan fingerprint density at radius 1 is 1.40 bits per heavy atom. The van der Waals surface area contributed by atoms with Gasteiger partial charge in [0.1, 0.15) is 6.10 Å². The van der Waals surface area contributed by atoms with E-state index in [4.69, 9.17) is 4.74 Å². The van der Waals surface area contributed by atoms with Crippen LogP contribution in [0.5, 0.6) is 0 Å². The molecule has 3 rings (SSSR count). The van der Waals surface area contributed by atoms with E-state index >= 15 is 0 Å². The summed E-state index contributed by atoms with van der Waals surface area (Å²) in [5, 5.41) is 31.4. The van der Waals surface area contributed by atoms with Gasteiger partial charge in [-0.05, 0) is 19.9 Å². The molecular weight excluding hydrogens is 260 g/mol. The number of carbonyl (C=O) groups is 1. The molecule has 0 unspecified atom stereocenters. The molecule has 0 amide bonds. The van der Waals surface area contributed by atoms with E-state index < -0.39 is 41.7 Å². The Morgan fingerprint density at radius 3 is 2.70 bits per heavy atom. The summed E-state index contributed by atoms with van der Waals surface area (Å²) < 4.78 is 5.23. The summed E-state index contributed by atoms with van der Waals surface area (Å²) in [6, 6.07) is 0. The van der Waals surface area contributed by atoms with E-state index in [0.29, 0.717) is 0 Å². The largest absolute Gasteiger partial charge is 0.454 e. The number of rotatable bonds is 0. The molecule has 1 heterocycles. The molecule has 7 atom stereocenters. The third-order valence-corrected chi connectivity index (χ3v) is 5.09. The first-order chi connectivity index (χ1) is 9.24. The molecule has 5 heteroatoms. The lowest BCUT2D eigenvalue weighted by Crippen LogP contribution is -2.45. The lowest BCUT2D eigenvalue weighted by molar-refractivity contribution is -0.137. The highest BCUT2D eigenvalue weighted by Crippen LogP contribution is 2.51. The fraction of sp³-hybridized carbons (Fsp3) is 0.667. The lowest BCUT2D eigenvalue weighted by Gasteiger charge is -2.35. The predicted octanol–water partition coefficient (Wildman–Crippen LogP) is 0.153. The second kappa shape index (κ2) is 4.16. The summed E-state index contributed by atoms with van der Waals surface area (Å²) in [5.74, 6) is -1.91. The second-order valence-corrected chi connectivity index (χ2v) is 6.50. The van der Waals surface area contributed by atoms with Crippen LogP contribution in [-0.4, -0.2) is 45.2 Å². The molecule has 0 spiro atoms. The van der Waals surface area contributed by atoms with Crippen LogP contribution >= 0.6 is 0 Å². The van der Waals surface area contributed by atoms with Gasteiger partial charge in [0.25, 0.3) is 0 Å². The Labute approximate surface area is 117 Å². The number of esters is 1. The smallest absolute Gasteiger partial charge is 0.334 e. The minimum atomic E-state index is -1.18. The number of hydrogen-bond acceptors (Lipinski definition) is 5. The van der Waals surface area contributed by atoms with Crippen LogP contribution in [0.3, 0.4) is 0 Å². The van der Waals surface area contributed by atoms with Gasteiger partial charge >= 0.3 is 5.97 Å². The summed E-state index contributed by atoms with van der Waals surface area (Å²) in [5.41, 5.74) is -0.0990. The van der Waals surface area contributed by atoms with Crippen LogP contribution in [0.4, 0.5) is 0 Å². The summed E-state index contributed by atoms with van der Waals surface area (Å²) in [6.45, 7) is 7.17. The van der Waals surface area contributed by atoms with Crippen LogP contribution in [0.2, 0.25) is 0 Å². The van der Waals surface area contributed by atoms with Crippen molar-refractivity contribution in [1.29, 1.82) is 0 Å². The average Bonchev–Trinajstić information content (AvgIpc) is 2.67. The third-order valence-electron chi connectivity index (χ3n) is 5.09. The monoisotopic (exact) mass is 280 g/mol. The van der Waals surface area contributed by atoms with Crippen LogP contribution < -0.4 is 0 Å². The van der Waals surface area contributed by atoms with Crippen molar-refractivity contribution in [2.24, 2.45) is 17.8 Å². The quantitative estimate of drug-likeness (QED) is 0.334. The van der Waals surface area contributed by atoms with Crippen LogP contribution in [0, 0.1) is 17.8 Å². The third kappa shape index (κ3) is 1.70. The van der Waals surface area contributed by atoms with Gasteiger partial charge in [0, 0.05) is 23.8 Å². The molecule has 0 aromatic rings. The lowest BCUT2D eigenvalue weighted by atomic mass is 9.75. The van der Waals surface area contributed by atoms with Gasteiger partial charge in [0.05, 0.1) is 23.7 Å². The fourth-order valence-electron chi connectivity index (χ4n) is 4.22. The first kappa shape index (κ1) is 13.8. The summed E-state index contributed by atoms with van der Waals surface area (Å²) in [7, 11) is 0. The van der Waals surface area contributed by atoms with E-state index in [-0.39, 0.29) is 17.9 Å². The number of hydrogen-bond donors (Lipinski definition) is 3. The Kier molecular flexibility index (Phi) is 2.87. The molecule has 1 aliphatic heterocycles. The maximum absolute atomic E-state index is 11.6. The van der Waals surface area contributed by atoms with Gasteiger partial charge in [-0.15, -0.1) is 0 Å². The van der Waals surface area contributed by atoms with Crippen molar-refractivity contribution in [1.82, 2.24) is 0 Å². The number of fused-ring (bicyclic) bond motifs is 2. The second-order valence-electron chi connectivity index (χ2n) is 6.50. The van der Waals surface area contributed by atoms with Crippen LogP contribution in [0.1, 0.15) is 20.3 Å². The number of ether oxygens (including phenoxy) is 1. The summed E-state index contributed by atoms with van der Waals surface area (Å²) >= 11 is 0. The molecule has 0 aromatic carbocycles. The van der Waals surface area contributed by atoms with Crippen molar-refractivity contribution in [3.63, 3.8) is 0 Å². The molecule has 3 aliphatic rings. The highest BCUT2D eigenvalue weighted by atomic mass is 16.6. The highest BCUT2D eigenvalue weighted by Gasteiger charge is 2.58. The Hall–Kier alpha value is -1.17. The van der Waals surface area contributed by atoms with Crippen molar-refractivity contribution in [3.05, 3.63) is 23.8 Å². The van der Waals surface area contributed by atoms with Gasteiger partial charge in [-0.25, -0.2) is 4.79 Å². The normalized spacial score (nSPS) is 51.1. The Balaban J connectivity index is 2.09. The molecule has 0 bridgehead atoms. The molecule has 3 N–H and O–H groups in total. The maximum Gasteiger partial charge on any atom is 0.334 e. The Morgan fingerprint density at radius 2 is 2.05 bits per heavy atom. The van der Waals surface area contributed by atoms with Gasteiger partial charge in [-0.3, -0.25) is 0 Å². The average molecular weight is 280 g/mol. The Bertz CT molecular complexity index is 506. The molecule has 110 valence electrons. The van der Waals surface area contributed by atoms with Gasteiger partial charge in [0.2, 0.25) is 0 Å². The van der Waals surface area contributed by atoms with E-state index in [1.54, 1.807) is 13.0 Å². The highest BCUT2D eigenvalue weighted by molar-refractivity contribution is 5.91. The minimum Gasteiger partial charge on any atom is -0.454 e. The van der Waals surface area contributed by atoms with E-state index in [1.165, 1.54) is 0 Å². The molecule has 5 nitrogen and oxygen atoms in total. The number of aliphatic hydroxyl groups is 3. The van der Waals surface area contributed by atoms with Gasteiger partial charge < -0.3 is 20.1 Å². The predicted molar refractivity (Wildman–Crippen MR) is 70.5 cm³/mol. The van der Waals surface area contributed by atoms with E-state index in [1.807, 2.05) is 6.92 Å². The molecule has 2 aliphatic carbocycles. The van der Waals surface area contributed by atoms with Gasteiger partial charge in [-0.1, -0.05) is 12.2 Å². The number of carbonyl (C=O) groups excluding carboxylic acids is 1. The zero-order valence-corrected chi connectivity index (χ0v) is 11.6. The standard InChI is InChI=1S/C15H20O5/c1-6-4-9-11(7(2)14(18)20-9)13(17)12-10(6)8(16)5-15(12,3)19/h4,8-13,16-17,19H,2,5H2,1,3H3/t8-,9+,10-,11+,12-,13+,15+/m0/s1. The van der Waals surface area contributed by atoms with Crippen molar-refractivity contribution >= 4 is 5.97 Å². The fourth-order valence-corrected chi connectivity index (χ4v) is 4.22. The SMILES string of the molecule is C=C1C(=O)O[C@@H]2C=C(C)[C@@H]3[C@@H]([C@H](O)[C@H]12)[C@](C)(O)C[C@@H]3O. The van der Waals surface area contributed by atoms with Crippen molar-refractivity contribution in [2.75, 3.05) is 0 Å². The van der Waals surface area contributed by atoms with Crippen molar-refractivity contribution in [2.45, 2.75) is 44.2 Å². The molecule has 0 radical (unpaired) electrons.